The fourth-order valence-electron chi connectivity index (χ4n) is 2.26. The fraction of sp³-hybridized carbons (Fsp3) is 0.583. The Morgan fingerprint density at radius 1 is 1.53 bits per heavy atom. The summed E-state index contributed by atoms with van der Waals surface area (Å²) in [4.78, 5) is 4.25. The van der Waals surface area contributed by atoms with Crippen molar-refractivity contribution >= 4 is 34.9 Å². The summed E-state index contributed by atoms with van der Waals surface area (Å²) < 4.78 is 0. The van der Waals surface area contributed by atoms with Crippen molar-refractivity contribution in [1.29, 1.82) is 0 Å². The lowest BCUT2D eigenvalue weighted by molar-refractivity contribution is 0.473. The number of pyridine rings is 1. The predicted octanol–water partition coefficient (Wildman–Crippen LogP) is 3.40. The van der Waals surface area contributed by atoms with Gasteiger partial charge in [-0.15, -0.1) is 0 Å². The minimum absolute atomic E-state index is 0.483. The molecule has 0 bridgehead atoms. The molecule has 0 aliphatic heterocycles. The smallest absolute Gasteiger partial charge is 0.149 e. The number of rotatable bonds is 3. The van der Waals surface area contributed by atoms with E-state index < -0.39 is 0 Å². The van der Waals surface area contributed by atoms with Crippen molar-refractivity contribution in [2.75, 3.05) is 17.3 Å². The molecular formula is C12H18ClN3S. The lowest BCUT2D eigenvalue weighted by atomic mass is 9.95. The second-order valence-corrected chi connectivity index (χ2v) is 6.03. The van der Waals surface area contributed by atoms with Crippen LogP contribution >= 0.6 is 23.4 Å². The highest BCUT2D eigenvalue weighted by molar-refractivity contribution is 7.99. The normalized spacial score (nSPS) is 24.6. The Morgan fingerprint density at radius 3 is 3.06 bits per heavy atom. The highest BCUT2D eigenvalue weighted by atomic mass is 35.5. The molecule has 2 rings (SSSR count). The number of aromatic nitrogens is 1. The second-order valence-electron chi connectivity index (χ2n) is 4.46. The van der Waals surface area contributed by atoms with Crippen LogP contribution in [0.5, 0.6) is 0 Å². The average molecular weight is 272 g/mol. The van der Waals surface area contributed by atoms with Gasteiger partial charge < -0.3 is 11.1 Å². The summed E-state index contributed by atoms with van der Waals surface area (Å²) in [6.07, 6.45) is 8.79. The SMILES string of the molecule is CSC1CCCC(Nc2ncc(Cl)cc2N)C1. The van der Waals surface area contributed by atoms with E-state index in [4.69, 9.17) is 17.3 Å². The zero-order valence-corrected chi connectivity index (χ0v) is 11.5. The highest BCUT2D eigenvalue weighted by Crippen LogP contribution is 2.30. The third-order valence-electron chi connectivity index (χ3n) is 3.18. The molecule has 1 aliphatic carbocycles. The molecule has 3 nitrogen and oxygen atoms in total. The molecule has 0 radical (unpaired) electrons. The molecule has 5 heteroatoms. The summed E-state index contributed by atoms with van der Waals surface area (Å²) in [6.45, 7) is 0. The van der Waals surface area contributed by atoms with Gasteiger partial charge in [0, 0.05) is 17.5 Å². The van der Waals surface area contributed by atoms with Crippen molar-refractivity contribution in [3.63, 3.8) is 0 Å². The first-order valence-corrected chi connectivity index (χ1v) is 7.56. The topological polar surface area (TPSA) is 50.9 Å². The van der Waals surface area contributed by atoms with Gasteiger partial charge in [0.1, 0.15) is 5.82 Å². The molecule has 0 spiro atoms. The average Bonchev–Trinajstić information content (AvgIpc) is 2.33. The van der Waals surface area contributed by atoms with Crippen LogP contribution in [0.25, 0.3) is 0 Å². The number of thioether (sulfide) groups is 1. The van der Waals surface area contributed by atoms with Gasteiger partial charge in [0.25, 0.3) is 0 Å². The molecule has 1 aliphatic rings. The molecule has 1 fully saturated rings. The molecule has 1 heterocycles. The molecule has 3 N–H and O–H groups in total. The van der Waals surface area contributed by atoms with E-state index >= 15 is 0 Å². The molecule has 17 heavy (non-hydrogen) atoms. The summed E-state index contributed by atoms with van der Waals surface area (Å²) in [7, 11) is 0. The summed E-state index contributed by atoms with van der Waals surface area (Å²) in [5.74, 6) is 0.765. The number of halogens is 1. The van der Waals surface area contributed by atoms with Crippen LogP contribution in [-0.4, -0.2) is 22.5 Å². The summed E-state index contributed by atoms with van der Waals surface area (Å²) in [5.41, 5.74) is 6.52. The summed E-state index contributed by atoms with van der Waals surface area (Å²) in [6, 6.07) is 2.23. The van der Waals surface area contributed by atoms with Gasteiger partial charge in [-0.25, -0.2) is 4.98 Å². The Bertz CT molecular complexity index is 386. The zero-order chi connectivity index (χ0) is 12.3. The zero-order valence-electron chi connectivity index (χ0n) is 9.95. The van der Waals surface area contributed by atoms with Crippen LogP contribution in [0.2, 0.25) is 5.02 Å². The lowest BCUT2D eigenvalue weighted by Gasteiger charge is -2.29. The van der Waals surface area contributed by atoms with E-state index in [1.807, 2.05) is 11.8 Å². The molecular weight excluding hydrogens is 254 g/mol. The van der Waals surface area contributed by atoms with Crippen molar-refractivity contribution in [1.82, 2.24) is 4.98 Å². The number of nitrogen functional groups attached to an aromatic ring is 1. The van der Waals surface area contributed by atoms with Crippen molar-refractivity contribution in [2.45, 2.75) is 37.0 Å². The van der Waals surface area contributed by atoms with Gasteiger partial charge in [0.05, 0.1) is 10.7 Å². The standard InChI is InChI=1S/C12H18ClN3S/c1-17-10-4-2-3-9(6-10)16-12-11(14)5-8(13)7-15-12/h5,7,9-10H,2-4,6,14H2,1H3,(H,15,16). The number of anilines is 2. The van der Waals surface area contributed by atoms with Crippen LogP contribution in [0.1, 0.15) is 25.7 Å². The lowest BCUT2D eigenvalue weighted by Crippen LogP contribution is -2.29. The van der Waals surface area contributed by atoms with E-state index in [0.717, 1.165) is 11.1 Å². The molecule has 2 atom stereocenters. The van der Waals surface area contributed by atoms with Crippen molar-refractivity contribution in [3.8, 4) is 0 Å². The Hall–Kier alpha value is -0.610. The fourth-order valence-corrected chi connectivity index (χ4v) is 3.25. The first kappa shape index (κ1) is 12.8. The molecule has 0 aromatic carbocycles. The van der Waals surface area contributed by atoms with Gasteiger partial charge in [-0.05, 0) is 31.6 Å². The number of nitrogens with one attached hydrogen (secondary N) is 1. The maximum absolute atomic E-state index is 5.89. The highest BCUT2D eigenvalue weighted by Gasteiger charge is 2.21. The number of nitrogens with two attached hydrogens (primary N) is 1. The van der Waals surface area contributed by atoms with Crippen LogP contribution in [0, 0.1) is 0 Å². The van der Waals surface area contributed by atoms with Gasteiger partial charge in [0.15, 0.2) is 0 Å². The van der Waals surface area contributed by atoms with Gasteiger partial charge in [-0.1, -0.05) is 18.0 Å². The molecule has 94 valence electrons. The second kappa shape index (κ2) is 5.83. The van der Waals surface area contributed by atoms with E-state index in [1.54, 1.807) is 12.3 Å². The van der Waals surface area contributed by atoms with Crippen LogP contribution in [0.4, 0.5) is 11.5 Å². The van der Waals surface area contributed by atoms with Gasteiger partial charge >= 0.3 is 0 Å². The van der Waals surface area contributed by atoms with E-state index in [1.165, 1.54) is 25.7 Å². The van der Waals surface area contributed by atoms with Crippen LogP contribution in [0.3, 0.4) is 0 Å². The number of nitrogens with zero attached hydrogens (tertiary/aromatic N) is 1. The molecule has 1 saturated carbocycles. The van der Waals surface area contributed by atoms with E-state index in [0.29, 0.717) is 16.8 Å². The first-order chi connectivity index (χ1) is 8.19. The Labute approximate surface area is 112 Å². The molecule has 1 aromatic rings. The number of hydrogen-bond donors (Lipinski definition) is 2. The van der Waals surface area contributed by atoms with E-state index in [2.05, 4.69) is 16.6 Å². The monoisotopic (exact) mass is 271 g/mol. The minimum atomic E-state index is 0.483. The number of hydrogen-bond acceptors (Lipinski definition) is 4. The molecule has 0 saturated heterocycles. The van der Waals surface area contributed by atoms with Crippen LogP contribution in [-0.2, 0) is 0 Å². The summed E-state index contributed by atoms with van der Waals surface area (Å²) >= 11 is 7.79. The molecule has 0 amide bonds. The maximum Gasteiger partial charge on any atom is 0.149 e. The van der Waals surface area contributed by atoms with Crippen molar-refractivity contribution in [2.24, 2.45) is 0 Å². The third-order valence-corrected chi connectivity index (χ3v) is 4.49. The van der Waals surface area contributed by atoms with Crippen molar-refractivity contribution in [3.05, 3.63) is 17.3 Å². The van der Waals surface area contributed by atoms with E-state index in [-0.39, 0.29) is 0 Å². The Morgan fingerprint density at radius 2 is 2.35 bits per heavy atom. The van der Waals surface area contributed by atoms with Gasteiger partial charge in [-0.3, -0.25) is 0 Å². The third kappa shape index (κ3) is 3.42. The van der Waals surface area contributed by atoms with Gasteiger partial charge in [0.2, 0.25) is 0 Å². The van der Waals surface area contributed by atoms with Gasteiger partial charge in [-0.2, -0.15) is 11.8 Å². The first-order valence-electron chi connectivity index (χ1n) is 5.89. The molecule has 1 aromatic heterocycles. The Balaban J connectivity index is 2.00. The van der Waals surface area contributed by atoms with Crippen molar-refractivity contribution < 1.29 is 0 Å². The summed E-state index contributed by atoms with van der Waals surface area (Å²) in [5, 5.41) is 4.77. The Kier molecular flexibility index (Phi) is 4.40. The largest absolute Gasteiger partial charge is 0.396 e. The van der Waals surface area contributed by atoms with Crippen LogP contribution < -0.4 is 11.1 Å². The van der Waals surface area contributed by atoms with Crippen LogP contribution in [0.15, 0.2) is 12.3 Å². The molecule has 2 unspecified atom stereocenters. The minimum Gasteiger partial charge on any atom is -0.396 e. The van der Waals surface area contributed by atoms with E-state index in [9.17, 15) is 0 Å². The predicted molar refractivity (Wildman–Crippen MR) is 76.8 cm³/mol. The maximum atomic E-state index is 5.89. The quantitative estimate of drug-likeness (QED) is 0.885.